The normalized spacial score (nSPS) is 26.9. The molecule has 5 N–H and O–H groups in total. The number of carbonyl (C=O) groups excluding carboxylic acids is 5. The molecule has 4 aliphatic heterocycles. The van der Waals surface area contributed by atoms with Crippen molar-refractivity contribution in [2.75, 3.05) is 49.5 Å². The van der Waals surface area contributed by atoms with Crippen LogP contribution >= 0.6 is 23.2 Å². The van der Waals surface area contributed by atoms with Crippen molar-refractivity contribution < 1.29 is 28.4 Å². The van der Waals surface area contributed by atoms with Crippen LogP contribution in [-0.2, 0) is 36.4 Å². The summed E-state index contributed by atoms with van der Waals surface area (Å²) in [7, 11) is 1.71. The van der Waals surface area contributed by atoms with E-state index in [0.717, 1.165) is 76.0 Å². The molecule has 5 amide bonds. The number of rotatable bonds is 11. The highest BCUT2D eigenvalue weighted by atomic mass is 35.5. The average molecular weight is 985 g/mol. The van der Waals surface area contributed by atoms with Gasteiger partial charge in [0.25, 0.3) is 0 Å². The Morgan fingerprint density at radius 1 is 0.841 bits per heavy atom. The summed E-state index contributed by atoms with van der Waals surface area (Å²) in [6, 6.07) is 14.2. The zero-order chi connectivity index (χ0) is 48.2. The number of carbonyl (C=O) groups is 5. The Labute approximate surface area is 410 Å². The molecule has 366 valence electrons. The van der Waals surface area contributed by atoms with Gasteiger partial charge in [0, 0.05) is 86.0 Å². The van der Waals surface area contributed by atoms with Crippen LogP contribution in [0.2, 0.25) is 10.0 Å². The number of anilines is 2. The van der Waals surface area contributed by atoms with Crippen LogP contribution in [0.4, 0.5) is 15.8 Å². The van der Waals surface area contributed by atoms with Gasteiger partial charge in [0.15, 0.2) is 0 Å². The number of aromatic nitrogens is 2. The summed E-state index contributed by atoms with van der Waals surface area (Å²) in [6.45, 7) is 4.94. The molecule has 4 atom stereocenters. The first-order valence-electron chi connectivity index (χ1n) is 24.7. The molecule has 69 heavy (non-hydrogen) atoms. The topological polar surface area (TPSA) is 179 Å². The van der Waals surface area contributed by atoms with E-state index < -0.39 is 40.7 Å². The van der Waals surface area contributed by atoms with Gasteiger partial charge in [-0.25, -0.2) is 9.18 Å². The highest BCUT2D eigenvalue weighted by Gasteiger charge is 2.72. The van der Waals surface area contributed by atoms with Gasteiger partial charge in [0.2, 0.25) is 29.5 Å². The van der Waals surface area contributed by atoms with Crippen LogP contribution < -0.4 is 37.2 Å². The molecule has 15 nitrogen and oxygen atoms in total. The van der Waals surface area contributed by atoms with E-state index in [1.54, 1.807) is 35.9 Å². The van der Waals surface area contributed by atoms with Crippen LogP contribution in [0.15, 0.2) is 59.4 Å². The average Bonchev–Trinajstić information content (AvgIpc) is 3.90. The zero-order valence-electron chi connectivity index (χ0n) is 38.9. The minimum atomic E-state index is -1.30. The van der Waals surface area contributed by atoms with Crippen molar-refractivity contribution in [3.05, 3.63) is 92.1 Å². The number of imide groups is 1. The quantitative estimate of drug-likeness (QED) is 0.0918. The summed E-state index contributed by atoms with van der Waals surface area (Å²) < 4.78 is 19.4. The van der Waals surface area contributed by atoms with Gasteiger partial charge in [0.1, 0.15) is 17.3 Å². The predicted octanol–water partition coefficient (Wildman–Crippen LogP) is 5.81. The third-order valence-corrected chi connectivity index (χ3v) is 16.8. The summed E-state index contributed by atoms with van der Waals surface area (Å²) in [5, 5.41) is 16.0. The molecule has 2 aliphatic carbocycles. The lowest BCUT2D eigenvalue weighted by Crippen LogP contribution is -2.60. The van der Waals surface area contributed by atoms with Crippen LogP contribution in [0.1, 0.15) is 107 Å². The Bertz CT molecular complexity index is 2760. The van der Waals surface area contributed by atoms with Gasteiger partial charge in [-0.2, -0.15) is 0 Å². The number of hydrogen-bond acceptors (Lipinski definition) is 9. The van der Waals surface area contributed by atoms with Gasteiger partial charge in [-0.15, -0.1) is 0 Å². The molecule has 4 aromatic rings. The minimum absolute atomic E-state index is 0.0384. The lowest BCUT2D eigenvalue weighted by Gasteiger charge is -2.47. The molecule has 2 saturated carbocycles. The lowest BCUT2D eigenvalue weighted by atomic mass is 9.55. The van der Waals surface area contributed by atoms with Gasteiger partial charge in [-0.1, -0.05) is 60.7 Å². The Hall–Kier alpha value is -5.29. The van der Waals surface area contributed by atoms with E-state index >= 15 is 4.39 Å². The van der Waals surface area contributed by atoms with Crippen molar-refractivity contribution in [1.29, 1.82) is 0 Å². The van der Waals surface area contributed by atoms with Crippen LogP contribution in [0, 0.1) is 11.7 Å². The minimum Gasteiger partial charge on any atom is -0.369 e. The molecule has 18 heteroatoms. The fourth-order valence-corrected chi connectivity index (χ4v) is 13.2. The van der Waals surface area contributed by atoms with Gasteiger partial charge in [0.05, 0.1) is 22.1 Å². The molecular weight excluding hydrogens is 925 g/mol. The smallest absolute Gasteiger partial charge is 0.329 e. The van der Waals surface area contributed by atoms with Crippen LogP contribution in [0.5, 0.6) is 0 Å². The van der Waals surface area contributed by atoms with E-state index in [9.17, 15) is 28.8 Å². The van der Waals surface area contributed by atoms with Crippen LogP contribution in [-0.4, -0.2) is 100 Å². The van der Waals surface area contributed by atoms with E-state index in [-0.39, 0.29) is 58.3 Å². The van der Waals surface area contributed by atoms with Gasteiger partial charge in [-0.3, -0.25) is 48.6 Å². The van der Waals surface area contributed by atoms with Crippen LogP contribution in [0.3, 0.4) is 0 Å². The Morgan fingerprint density at radius 3 is 2.36 bits per heavy atom. The molecule has 6 aliphatic rings. The number of nitrogens with one attached hydrogen (secondary N) is 5. The first kappa shape index (κ1) is 47.4. The number of fused-ring (bicyclic) bond motifs is 4. The summed E-state index contributed by atoms with van der Waals surface area (Å²) in [5.41, 5.74) is 1.53. The predicted molar refractivity (Wildman–Crippen MR) is 262 cm³/mol. The van der Waals surface area contributed by atoms with Crippen molar-refractivity contribution in [2.45, 2.75) is 118 Å². The van der Waals surface area contributed by atoms with Crippen molar-refractivity contribution in [3.8, 4) is 0 Å². The number of halogens is 3. The standard InChI is InChI=1S/C51H60Cl2FN9O6/c1-60-40-29-33(15-17-38(40)63(49(60)69)39-18-19-41(64)58-46(39)66)62-26-24-61(25-27-62)23-6-5-22-55-45(65)30-10-13-32(14-11-30)56-47(67)44-42(34-8-7-9-36(53)43(34)54)51(50(59-44)20-3-2-4-21-50)35-16-12-31(52)28-37(35)57-48(51)68/h7-9,12,15-17,28-30,32,39,42,44,59H,2-6,10-11,13-14,18-27H2,1H3,(H,55,65)(H,56,67)(H,57,68)(H,58,64,66)/t30?,32?,39?,42-,44+,51+/m0/s1. The summed E-state index contributed by atoms with van der Waals surface area (Å²) >= 11 is 12.8. The first-order chi connectivity index (χ1) is 33.3. The van der Waals surface area contributed by atoms with Gasteiger partial charge in [-0.05, 0) is 112 Å². The molecule has 1 aromatic heterocycles. The summed E-state index contributed by atoms with van der Waals surface area (Å²) in [5.74, 6) is -2.99. The van der Waals surface area contributed by atoms with E-state index in [4.69, 9.17) is 23.2 Å². The molecule has 5 fully saturated rings. The number of nitrogens with zero attached hydrogens (tertiary/aromatic N) is 4. The highest BCUT2D eigenvalue weighted by Crippen LogP contribution is 2.63. The number of hydrogen-bond donors (Lipinski definition) is 5. The molecule has 3 saturated heterocycles. The second kappa shape index (κ2) is 19.1. The van der Waals surface area contributed by atoms with Crippen LogP contribution in [0.25, 0.3) is 11.0 Å². The highest BCUT2D eigenvalue weighted by molar-refractivity contribution is 6.31. The molecule has 5 heterocycles. The number of benzene rings is 3. The molecule has 0 radical (unpaired) electrons. The lowest BCUT2D eigenvalue weighted by molar-refractivity contribution is -0.136. The molecule has 1 unspecified atom stereocenters. The number of piperazine rings is 1. The number of piperidine rings is 1. The van der Waals surface area contributed by atoms with E-state index in [2.05, 4.69) is 36.4 Å². The fourth-order valence-electron chi connectivity index (χ4n) is 12.8. The molecule has 0 bridgehead atoms. The molecular formula is C51H60Cl2FN9O6. The maximum atomic E-state index is 16.3. The van der Waals surface area contributed by atoms with Gasteiger partial charge >= 0.3 is 5.69 Å². The largest absolute Gasteiger partial charge is 0.369 e. The third kappa shape index (κ3) is 8.42. The van der Waals surface area contributed by atoms with Gasteiger partial charge < -0.3 is 20.9 Å². The first-order valence-corrected chi connectivity index (χ1v) is 25.5. The van der Waals surface area contributed by atoms with Crippen molar-refractivity contribution in [2.24, 2.45) is 13.0 Å². The fraction of sp³-hybridized carbons (Fsp3) is 0.529. The third-order valence-electron chi connectivity index (χ3n) is 16.3. The maximum Gasteiger partial charge on any atom is 0.329 e. The number of aryl methyl sites for hydroxylation is 1. The number of imidazole rings is 1. The SMILES string of the molecule is Cn1c(=O)n(C2CCC(=O)NC2=O)c2ccc(N3CCN(CCCCNC(=O)C4CCC(NC(=O)[C@@H]5NC6(CCCCC6)[C@@]6(C(=O)Nc7cc(Cl)ccc76)[C@H]5c5cccc(Cl)c5F)CC4)CC3)cc21. The van der Waals surface area contributed by atoms with Crippen molar-refractivity contribution in [3.63, 3.8) is 0 Å². The second-order valence-electron chi connectivity index (χ2n) is 20.1. The summed E-state index contributed by atoms with van der Waals surface area (Å²) in [6.07, 6.45) is 8.78. The Kier molecular flexibility index (Phi) is 13.1. The Morgan fingerprint density at radius 2 is 1.61 bits per heavy atom. The molecule has 10 rings (SSSR count). The van der Waals surface area contributed by atoms with Crippen molar-refractivity contribution in [1.82, 2.24) is 35.3 Å². The summed E-state index contributed by atoms with van der Waals surface area (Å²) in [4.78, 5) is 85.0. The molecule has 2 spiro atoms. The van der Waals surface area contributed by atoms with E-state index in [1.807, 2.05) is 24.3 Å². The number of unbranched alkanes of at least 4 members (excludes halogenated alkanes) is 1. The zero-order valence-corrected chi connectivity index (χ0v) is 40.4. The van der Waals surface area contributed by atoms with Crippen molar-refractivity contribution >= 4 is 75.1 Å². The molecule has 3 aromatic carbocycles. The second-order valence-corrected chi connectivity index (χ2v) is 20.9. The number of amides is 5. The van der Waals surface area contributed by atoms with E-state index in [1.165, 1.54) is 10.6 Å². The van der Waals surface area contributed by atoms with E-state index in [0.29, 0.717) is 73.3 Å². The Balaban J connectivity index is 0.705. The maximum absolute atomic E-state index is 16.3. The monoisotopic (exact) mass is 983 g/mol.